The maximum atomic E-state index is 13.1. The van der Waals surface area contributed by atoms with Gasteiger partial charge in [0.2, 0.25) is 0 Å². The van der Waals surface area contributed by atoms with Gasteiger partial charge in [-0.05, 0) is 61.9 Å². The molecule has 3 aromatic rings. The monoisotopic (exact) mass is 466 g/mol. The molecular formula is C25H26N2O5S. The van der Waals surface area contributed by atoms with Crippen LogP contribution in [0.15, 0.2) is 71.6 Å². The first-order chi connectivity index (χ1) is 15.8. The summed E-state index contributed by atoms with van der Waals surface area (Å²) in [5, 5.41) is 2.92. The zero-order valence-corrected chi connectivity index (χ0v) is 19.6. The Kier molecular flexibility index (Phi) is 6.29. The topological polar surface area (TPSA) is 84.9 Å². The number of ether oxygens (including phenoxy) is 2. The largest absolute Gasteiger partial charge is 0.486 e. The van der Waals surface area contributed by atoms with Crippen molar-refractivity contribution < 1.29 is 22.7 Å². The smallest absolute Gasteiger partial charge is 0.264 e. The summed E-state index contributed by atoms with van der Waals surface area (Å²) in [6.07, 6.45) is 0. The van der Waals surface area contributed by atoms with Crippen molar-refractivity contribution in [1.29, 1.82) is 0 Å². The number of hydrogen-bond acceptors (Lipinski definition) is 5. The standard InChI is InChI=1S/C25H26N2O5S/c1-17-7-10-21(11-8-17)27(3)33(29,30)22-6-4-5-20(15-22)25(28)26-18(2)19-9-12-23-24(16-19)32-14-13-31-23/h4-12,15-16,18H,13-14H2,1-3H3,(H,26,28)/t18-/m0/s1. The molecule has 0 saturated carbocycles. The van der Waals surface area contributed by atoms with Crippen molar-refractivity contribution in [3.8, 4) is 11.5 Å². The van der Waals surface area contributed by atoms with E-state index >= 15 is 0 Å². The van der Waals surface area contributed by atoms with Crippen molar-refractivity contribution >= 4 is 21.6 Å². The summed E-state index contributed by atoms with van der Waals surface area (Å²) in [5.74, 6) is 0.957. The van der Waals surface area contributed by atoms with Crippen LogP contribution in [-0.2, 0) is 10.0 Å². The van der Waals surface area contributed by atoms with Crippen molar-refractivity contribution in [2.24, 2.45) is 0 Å². The minimum atomic E-state index is -3.83. The van der Waals surface area contributed by atoms with Gasteiger partial charge in [0.05, 0.1) is 16.6 Å². The molecule has 0 spiro atoms. The van der Waals surface area contributed by atoms with E-state index in [9.17, 15) is 13.2 Å². The van der Waals surface area contributed by atoms with Gasteiger partial charge in [-0.2, -0.15) is 0 Å². The number of anilines is 1. The molecule has 1 aliphatic heterocycles. The van der Waals surface area contributed by atoms with Gasteiger partial charge in [0.1, 0.15) is 13.2 Å². The van der Waals surface area contributed by atoms with Crippen LogP contribution < -0.4 is 19.1 Å². The van der Waals surface area contributed by atoms with Gasteiger partial charge >= 0.3 is 0 Å². The molecule has 0 aliphatic carbocycles. The molecule has 0 unspecified atom stereocenters. The number of amides is 1. The Hall–Kier alpha value is -3.52. The van der Waals surface area contributed by atoms with Gasteiger partial charge in [-0.1, -0.05) is 29.8 Å². The molecule has 0 bridgehead atoms. The molecule has 1 atom stereocenters. The van der Waals surface area contributed by atoms with Crippen LogP contribution in [0.2, 0.25) is 0 Å². The van der Waals surface area contributed by atoms with E-state index in [1.807, 2.05) is 44.2 Å². The van der Waals surface area contributed by atoms with Gasteiger partial charge < -0.3 is 14.8 Å². The number of rotatable bonds is 6. The molecule has 1 heterocycles. The zero-order chi connectivity index (χ0) is 23.6. The molecule has 4 rings (SSSR count). The van der Waals surface area contributed by atoms with E-state index in [2.05, 4.69) is 5.32 Å². The lowest BCUT2D eigenvalue weighted by molar-refractivity contribution is 0.0939. The van der Waals surface area contributed by atoms with Crippen molar-refractivity contribution in [3.63, 3.8) is 0 Å². The van der Waals surface area contributed by atoms with Crippen LogP contribution in [0, 0.1) is 6.92 Å². The second kappa shape index (κ2) is 9.15. The number of carbonyl (C=O) groups excluding carboxylic acids is 1. The molecule has 0 radical (unpaired) electrons. The average Bonchev–Trinajstić information content (AvgIpc) is 2.83. The lowest BCUT2D eigenvalue weighted by atomic mass is 10.1. The molecule has 1 aliphatic rings. The summed E-state index contributed by atoms with van der Waals surface area (Å²) in [6, 6.07) is 18.5. The average molecular weight is 467 g/mol. The maximum Gasteiger partial charge on any atom is 0.264 e. The highest BCUT2D eigenvalue weighted by Crippen LogP contribution is 2.32. The second-order valence-corrected chi connectivity index (χ2v) is 9.90. The minimum absolute atomic E-state index is 0.0465. The number of aryl methyl sites for hydroxylation is 1. The molecular weight excluding hydrogens is 440 g/mol. The predicted octanol–water partition coefficient (Wildman–Crippen LogP) is 4.08. The van der Waals surface area contributed by atoms with Gasteiger partial charge in [-0.15, -0.1) is 0 Å². The highest BCUT2D eigenvalue weighted by atomic mass is 32.2. The molecule has 33 heavy (non-hydrogen) atoms. The predicted molar refractivity (Wildman–Crippen MR) is 127 cm³/mol. The molecule has 1 amide bonds. The Bertz CT molecular complexity index is 1270. The third-order valence-electron chi connectivity index (χ3n) is 5.57. The minimum Gasteiger partial charge on any atom is -0.486 e. The van der Waals surface area contributed by atoms with Crippen LogP contribution in [0.4, 0.5) is 5.69 Å². The molecule has 3 aromatic carbocycles. The number of hydrogen-bond donors (Lipinski definition) is 1. The van der Waals surface area contributed by atoms with Crippen LogP contribution in [0.3, 0.4) is 0 Å². The fourth-order valence-corrected chi connectivity index (χ4v) is 4.78. The number of nitrogens with one attached hydrogen (secondary N) is 1. The van der Waals surface area contributed by atoms with Crippen LogP contribution >= 0.6 is 0 Å². The highest BCUT2D eigenvalue weighted by Gasteiger charge is 2.23. The Morgan fingerprint density at radius 1 is 0.970 bits per heavy atom. The molecule has 0 saturated heterocycles. The molecule has 0 aromatic heterocycles. The zero-order valence-electron chi connectivity index (χ0n) is 18.7. The molecule has 0 fully saturated rings. The van der Waals surface area contributed by atoms with E-state index in [0.717, 1.165) is 11.1 Å². The third-order valence-corrected chi connectivity index (χ3v) is 7.35. The van der Waals surface area contributed by atoms with Crippen molar-refractivity contribution in [2.45, 2.75) is 24.8 Å². The number of nitrogens with zero attached hydrogens (tertiary/aromatic N) is 1. The lowest BCUT2D eigenvalue weighted by Gasteiger charge is -2.21. The van der Waals surface area contributed by atoms with E-state index in [-0.39, 0.29) is 22.4 Å². The van der Waals surface area contributed by atoms with Gasteiger partial charge in [-0.25, -0.2) is 8.42 Å². The Labute approximate surface area is 194 Å². The molecule has 1 N–H and O–H groups in total. The lowest BCUT2D eigenvalue weighted by Crippen LogP contribution is -2.28. The van der Waals surface area contributed by atoms with Crippen LogP contribution in [0.25, 0.3) is 0 Å². The van der Waals surface area contributed by atoms with Crippen LogP contribution in [0.1, 0.15) is 34.5 Å². The number of fused-ring (bicyclic) bond motifs is 1. The maximum absolute atomic E-state index is 13.1. The normalized spacial score (nSPS) is 13.8. The summed E-state index contributed by atoms with van der Waals surface area (Å²) >= 11 is 0. The van der Waals surface area contributed by atoms with Crippen molar-refractivity contribution in [3.05, 3.63) is 83.4 Å². The summed E-state index contributed by atoms with van der Waals surface area (Å²) in [6.45, 7) is 4.79. The van der Waals surface area contributed by atoms with E-state index < -0.39 is 10.0 Å². The van der Waals surface area contributed by atoms with E-state index in [0.29, 0.717) is 30.4 Å². The Morgan fingerprint density at radius 2 is 1.67 bits per heavy atom. The summed E-state index contributed by atoms with van der Waals surface area (Å²) < 4.78 is 38.6. The Balaban J connectivity index is 1.52. The van der Waals surface area contributed by atoms with Gasteiger partial charge in [0.25, 0.3) is 15.9 Å². The molecule has 172 valence electrons. The van der Waals surface area contributed by atoms with Crippen LogP contribution in [0.5, 0.6) is 11.5 Å². The van der Waals surface area contributed by atoms with Gasteiger partial charge in [0.15, 0.2) is 11.5 Å². The van der Waals surface area contributed by atoms with Crippen LogP contribution in [-0.4, -0.2) is 34.6 Å². The van der Waals surface area contributed by atoms with E-state index in [1.165, 1.54) is 23.5 Å². The first kappa shape index (κ1) is 22.7. The van der Waals surface area contributed by atoms with Gasteiger partial charge in [-0.3, -0.25) is 9.10 Å². The number of sulfonamides is 1. The van der Waals surface area contributed by atoms with Gasteiger partial charge in [0, 0.05) is 12.6 Å². The first-order valence-electron chi connectivity index (χ1n) is 10.6. The fraction of sp³-hybridized carbons (Fsp3) is 0.240. The quantitative estimate of drug-likeness (QED) is 0.592. The van der Waals surface area contributed by atoms with Crippen molar-refractivity contribution in [2.75, 3.05) is 24.6 Å². The molecule has 7 nitrogen and oxygen atoms in total. The Morgan fingerprint density at radius 3 is 2.39 bits per heavy atom. The molecule has 8 heteroatoms. The summed E-state index contributed by atoms with van der Waals surface area (Å²) in [7, 11) is -2.33. The summed E-state index contributed by atoms with van der Waals surface area (Å²) in [4.78, 5) is 12.9. The van der Waals surface area contributed by atoms with E-state index in [1.54, 1.807) is 24.3 Å². The SMILES string of the molecule is Cc1ccc(N(C)S(=O)(=O)c2cccc(C(=O)N[C@@H](C)c3ccc4c(c3)OCCO4)c2)cc1. The second-order valence-electron chi connectivity index (χ2n) is 7.93. The third kappa shape index (κ3) is 4.80. The first-order valence-corrected chi connectivity index (χ1v) is 12.1. The number of carbonyl (C=O) groups is 1. The van der Waals surface area contributed by atoms with E-state index in [4.69, 9.17) is 9.47 Å². The number of benzene rings is 3. The summed E-state index contributed by atoms with van der Waals surface area (Å²) in [5.41, 5.74) is 2.70. The van der Waals surface area contributed by atoms with Crippen molar-refractivity contribution in [1.82, 2.24) is 5.32 Å². The fourth-order valence-electron chi connectivity index (χ4n) is 3.54. The highest BCUT2D eigenvalue weighted by molar-refractivity contribution is 7.92.